The first-order valence-corrected chi connectivity index (χ1v) is 7.73. The van der Waals surface area contributed by atoms with Gasteiger partial charge in [0.25, 0.3) is 0 Å². The summed E-state index contributed by atoms with van der Waals surface area (Å²) in [5.41, 5.74) is 6.94. The van der Waals surface area contributed by atoms with E-state index in [1.54, 1.807) is 49.6 Å². The van der Waals surface area contributed by atoms with Crippen molar-refractivity contribution in [2.75, 3.05) is 19.0 Å². The van der Waals surface area contributed by atoms with E-state index in [9.17, 15) is 9.59 Å². The summed E-state index contributed by atoms with van der Waals surface area (Å²) < 4.78 is 10.7. The molecule has 25 heavy (non-hydrogen) atoms. The third kappa shape index (κ3) is 5.10. The molecule has 6 nitrogen and oxygen atoms in total. The quantitative estimate of drug-likeness (QED) is 0.758. The van der Waals surface area contributed by atoms with Gasteiger partial charge < -0.3 is 20.5 Å². The Morgan fingerprint density at radius 3 is 2.44 bits per heavy atom. The highest BCUT2D eigenvalue weighted by Crippen LogP contribution is 2.28. The maximum atomic E-state index is 12.0. The van der Waals surface area contributed by atoms with E-state index in [-0.39, 0.29) is 5.91 Å². The van der Waals surface area contributed by atoms with Crippen LogP contribution in [0.4, 0.5) is 5.69 Å². The predicted molar refractivity (Wildman–Crippen MR) is 96.8 cm³/mol. The molecule has 2 aromatic rings. The molecule has 0 aliphatic carbocycles. The standard InChI is InChI=1S/C19H20N2O4/c1-3-25-16-10-4-13(12-17(16)24-2)5-11-18(22)21-15-8-6-14(7-9-15)19(20)23/h4-12H,3H2,1-2H3,(H2,20,23)(H,21,22)/b11-5+. The highest BCUT2D eigenvalue weighted by Gasteiger charge is 2.05. The van der Waals surface area contributed by atoms with Crippen molar-refractivity contribution >= 4 is 23.6 Å². The Hall–Kier alpha value is -3.28. The van der Waals surface area contributed by atoms with Crippen LogP contribution in [-0.4, -0.2) is 25.5 Å². The maximum Gasteiger partial charge on any atom is 0.248 e. The number of hydrogen-bond acceptors (Lipinski definition) is 4. The zero-order valence-corrected chi connectivity index (χ0v) is 14.1. The largest absolute Gasteiger partial charge is 0.493 e. The molecule has 0 spiro atoms. The number of anilines is 1. The van der Waals surface area contributed by atoms with Crippen molar-refractivity contribution in [3.05, 3.63) is 59.7 Å². The number of ether oxygens (including phenoxy) is 2. The van der Waals surface area contributed by atoms with Crippen LogP contribution in [0.2, 0.25) is 0 Å². The van der Waals surface area contributed by atoms with Gasteiger partial charge in [-0.05, 0) is 55.0 Å². The van der Waals surface area contributed by atoms with Gasteiger partial charge >= 0.3 is 0 Å². The molecule has 0 atom stereocenters. The molecule has 2 aromatic carbocycles. The molecule has 2 rings (SSSR count). The monoisotopic (exact) mass is 340 g/mol. The van der Waals surface area contributed by atoms with Crippen molar-refractivity contribution in [3.63, 3.8) is 0 Å². The lowest BCUT2D eigenvalue weighted by atomic mass is 10.2. The van der Waals surface area contributed by atoms with E-state index >= 15 is 0 Å². The minimum atomic E-state index is -0.512. The lowest BCUT2D eigenvalue weighted by molar-refractivity contribution is -0.111. The second-order valence-electron chi connectivity index (χ2n) is 5.11. The molecule has 0 fully saturated rings. The van der Waals surface area contributed by atoms with Crippen molar-refractivity contribution < 1.29 is 19.1 Å². The molecular formula is C19H20N2O4. The summed E-state index contributed by atoms with van der Waals surface area (Å²) in [7, 11) is 1.56. The van der Waals surface area contributed by atoms with Crippen molar-refractivity contribution in [2.45, 2.75) is 6.92 Å². The number of nitrogens with one attached hydrogen (secondary N) is 1. The van der Waals surface area contributed by atoms with E-state index < -0.39 is 5.91 Å². The Morgan fingerprint density at radius 1 is 1.12 bits per heavy atom. The normalized spacial score (nSPS) is 10.5. The summed E-state index contributed by atoms with van der Waals surface area (Å²) in [5, 5.41) is 2.70. The van der Waals surface area contributed by atoms with E-state index in [2.05, 4.69) is 5.32 Å². The summed E-state index contributed by atoms with van der Waals surface area (Å²) in [4.78, 5) is 23.0. The van der Waals surface area contributed by atoms with E-state index in [4.69, 9.17) is 15.2 Å². The highest BCUT2D eigenvalue weighted by molar-refractivity contribution is 6.02. The molecule has 2 amide bonds. The van der Waals surface area contributed by atoms with Gasteiger partial charge in [0.15, 0.2) is 11.5 Å². The van der Waals surface area contributed by atoms with E-state index in [1.807, 2.05) is 13.0 Å². The number of nitrogens with two attached hydrogens (primary N) is 1. The van der Waals surface area contributed by atoms with Gasteiger partial charge in [-0.1, -0.05) is 6.07 Å². The smallest absolute Gasteiger partial charge is 0.248 e. The molecular weight excluding hydrogens is 320 g/mol. The molecule has 0 aromatic heterocycles. The van der Waals surface area contributed by atoms with Crippen LogP contribution < -0.4 is 20.5 Å². The van der Waals surface area contributed by atoms with Gasteiger partial charge in [0.05, 0.1) is 13.7 Å². The van der Waals surface area contributed by atoms with Gasteiger partial charge in [-0.25, -0.2) is 0 Å². The molecule has 6 heteroatoms. The van der Waals surface area contributed by atoms with Crippen molar-refractivity contribution in [1.82, 2.24) is 0 Å². The van der Waals surface area contributed by atoms with Crippen LogP contribution in [-0.2, 0) is 4.79 Å². The first-order chi connectivity index (χ1) is 12.0. The fraction of sp³-hybridized carbons (Fsp3) is 0.158. The third-order valence-corrected chi connectivity index (χ3v) is 3.35. The average molecular weight is 340 g/mol. The Kier molecular flexibility index (Phi) is 6.17. The van der Waals surface area contributed by atoms with E-state index in [0.29, 0.717) is 29.4 Å². The molecule has 0 saturated carbocycles. The van der Waals surface area contributed by atoms with Crippen molar-refractivity contribution in [2.24, 2.45) is 5.73 Å². The molecule has 0 aliphatic heterocycles. The third-order valence-electron chi connectivity index (χ3n) is 3.35. The van der Waals surface area contributed by atoms with Gasteiger partial charge in [0, 0.05) is 17.3 Å². The summed E-state index contributed by atoms with van der Waals surface area (Å²) in [5.74, 6) is 0.453. The lowest BCUT2D eigenvalue weighted by Gasteiger charge is -2.09. The fourth-order valence-corrected chi connectivity index (χ4v) is 2.14. The lowest BCUT2D eigenvalue weighted by Crippen LogP contribution is -2.11. The number of carbonyl (C=O) groups is 2. The summed E-state index contributed by atoms with van der Waals surface area (Å²) in [6, 6.07) is 11.8. The topological polar surface area (TPSA) is 90.6 Å². The second-order valence-corrected chi connectivity index (χ2v) is 5.11. The van der Waals surface area contributed by atoms with Crippen LogP contribution in [0.1, 0.15) is 22.8 Å². The number of amides is 2. The molecule has 3 N–H and O–H groups in total. The van der Waals surface area contributed by atoms with Crippen LogP contribution in [0.3, 0.4) is 0 Å². The van der Waals surface area contributed by atoms with Gasteiger partial charge in [-0.2, -0.15) is 0 Å². The molecule has 0 saturated heterocycles. The van der Waals surface area contributed by atoms with Crippen molar-refractivity contribution in [3.8, 4) is 11.5 Å². The Labute approximate surface area is 146 Å². The number of rotatable bonds is 7. The van der Waals surface area contributed by atoms with Crippen molar-refractivity contribution in [1.29, 1.82) is 0 Å². The first kappa shape index (κ1) is 18.1. The summed E-state index contributed by atoms with van der Waals surface area (Å²) in [6.45, 7) is 2.44. The first-order valence-electron chi connectivity index (χ1n) is 7.73. The van der Waals surface area contributed by atoms with Gasteiger partial charge in [0.1, 0.15) is 0 Å². The zero-order valence-electron chi connectivity index (χ0n) is 14.1. The van der Waals surface area contributed by atoms with Gasteiger partial charge in [0.2, 0.25) is 11.8 Å². The molecule has 130 valence electrons. The predicted octanol–water partition coefficient (Wildman–Crippen LogP) is 2.84. The maximum absolute atomic E-state index is 12.0. The van der Waals surface area contributed by atoms with Gasteiger partial charge in [-0.3, -0.25) is 9.59 Å². The zero-order chi connectivity index (χ0) is 18.2. The number of primary amides is 1. The summed E-state index contributed by atoms with van der Waals surface area (Å²) in [6.07, 6.45) is 3.09. The molecule has 0 unspecified atom stereocenters. The molecule has 0 radical (unpaired) electrons. The van der Waals surface area contributed by atoms with Gasteiger partial charge in [-0.15, -0.1) is 0 Å². The van der Waals surface area contributed by atoms with E-state index in [0.717, 1.165) is 5.56 Å². The molecule has 0 bridgehead atoms. The highest BCUT2D eigenvalue weighted by atomic mass is 16.5. The Morgan fingerprint density at radius 2 is 1.84 bits per heavy atom. The molecule has 0 heterocycles. The SMILES string of the molecule is CCOc1ccc(/C=C/C(=O)Nc2ccc(C(N)=O)cc2)cc1OC. The van der Waals surface area contributed by atoms with Crippen LogP contribution in [0, 0.1) is 0 Å². The van der Waals surface area contributed by atoms with Crippen LogP contribution in [0.15, 0.2) is 48.5 Å². The second kappa shape index (κ2) is 8.54. The minimum Gasteiger partial charge on any atom is -0.493 e. The molecule has 0 aliphatic rings. The average Bonchev–Trinajstić information content (AvgIpc) is 2.61. The van der Waals surface area contributed by atoms with Crippen LogP contribution in [0.25, 0.3) is 6.08 Å². The van der Waals surface area contributed by atoms with E-state index in [1.165, 1.54) is 6.08 Å². The number of methoxy groups -OCH3 is 1. The van der Waals surface area contributed by atoms with Crippen LogP contribution in [0.5, 0.6) is 11.5 Å². The summed E-state index contributed by atoms with van der Waals surface area (Å²) >= 11 is 0. The fourth-order valence-electron chi connectivity index (χ4n) is 2.14. The Bertz CT molecular complexity index is 783. The Balaban J connectivity index is 2.03. The number of carbonyl (C=O) groups excluding carboxylic acids is 2. The van der Waals surface area contributed by atoms with Crippen LogP contribution >= 0.6 is 0 Å². The minimum absolute atomic E-state index is 0.292. The number of benzene rings is 2. The number of hydrogen-bond donors (Lipinski definition) is 2.